The maximum Gasteiger partial charge on any atom is 0.421 e. The van der Waals surface area contributed by atoms with E-state index in [0.717, 1.165) is 0 Å². The standard InChI is InChI=1S/C8H17BrN2O4S/c1-4-15-8(12)11-16(13,14)10-7(3)5-6(2)9/h6-7,10H,4-5H2,1-3H3,(H,11,12). The average Bonchev–Trinajstić information content (AvgIpc) is 1.98. The molecule has 2 N–H and O–H groups in total. The van der Waals surface area contributed by atoms with Gasteiger partial charge >= 0.3 is 16.3 Å². The Morgan fingerprint density at radius 2 is 2.00 bits per heavy atom. The number of hydrogen-bond acceptors (Lipinski definition) is 4. The van der Waals surface area contributed by atoms with E-state index in [0.29, 0.717) is 6.42 Å². The van der Waals surface area contributed by atoms with Crippen LogP contribution < -0.4 is 9.44 Å². The third kappa shape index (κ3) is 7.89. The predicted octanol–water partition coefficient (Wildman–Crippen LogP) is 1.13. The Kier molecular flexibility index (Phi) is 6.93. The van der Waals surface area contributed by atoms with Gasteiger partial charge in [0.2, 0.25) is 0 Å². The third-order valence-corrected chi connectivity index (χ3v) is 3.05. The molecule has 8 heteroatoms. The first-order valence-electron chi connectivity index (χ1n) is 4.87. The zero-order valence-electron chi connectivity index (χ0n) is 9.49. The van der Waals surface area contributed by atoms with Crippen LogP contribution in [0.2, 0.25) is 0 Å². The van der Waals surface area contributed by atoms with E-state index < -0.39 is 16.3 Å². The lowest BCUT2D eigenvalue weighted by Gasteiger charge is -2.15. The molecule has 6 nitrogen and oxygen atoms in total. The van der Waals surface area contributed by atoms with Crippen molar-refractivity contribution in [1.82, 2.24) is 9.44 Å². The van der Waals surface area contributed by atoms with E-state index in [1.165, 1.54) is 0 Å². The second-order valence-electron chi connectivity index (χ2n) is 3.36. The molecule has 2 unspecified atom stereocenters. The first-order chi connectivity index (χ1) is 7.26. The molecule has 0 aromatic carbocycles. The summed E-state index contributed by atoms with van der Waals surface area (Å²) in [5.74, 6) is 0. The molecule has 0 aromatic heterocycles. The van der Waals surface area contributed by atoms with Gasteiger partial charge in [-0.05, 0) is 20.3 Å². The maximum atomic E-state index is 11.4. The summed E-state index contributed by atoms with van der Waals surface area (Å²) in [5, 5.41) is 0. The second kappa shape index (κ2) is 7.08. The molecule has 0 saturated heterocycles. The van der Waals surface area contributed by atoms with Crippen molar-refractivity contribution in [2.45, 2.75) is 38.1 Å². The molecule has 0 spiro atoms. The van der Waals surface area contributed by atoms with Gasteiger partial charge in [0.25, 0.3) is 0 Å². The monoisotopic (exact) mass is 316 g/mol. The minimum Gasteiger partial charge on any atom is -0.449 e. The van der Waals surface area contributed by atoms with Gasteiger partial charge in [0.1, 0.15) is 0 Å². The average molecular weight is 317 g/mol. The van der Waals surface area contributed by atoms with Crippen molar-refractivity contribution in [3.05, 3.63) is 0 Å². The lowest BCUT2D eigenvalue weighted by atomic mass is 10.2. The number of ether oxygens (including phenoxy) is 1. The Morgan fingerprint density at radius 3 is 2.44 bits per heavy atom. The van der Waals surface area contributed by atoms with E-state index in [4.69, 9.17) is 0 Å². The number of nitrogens with one attached hydrogen (secondary N) is 2. The molecular formula is C8H17BrN2O4S. The molecule has 0 saturated carbocycles. The molecule has 16 heavy (non-hydrogen) atoms. The minimum atomic E-state index is -3.84. The molecule has 0 heterocycles. The van der Waals surface area contributed by atoms with Crippen LogP contribution in [0.15, 0.2) is 0 Å². The fourth-order valence-electron chi connectivity index (χ4n) is 1.10. The predicted molar refractivity (Wildman–Crippen MR) is 64.7 cm³/mol. The van der Waals surface area contributed by atoms with E-state index in [1.54, 1.807) is 18.6 Å². The van der Waals surface area contributed by atoms with E-state index in [-0.39, 0.29) is 17.5 Å². The Morgan fingerprint density at radius 1 is 1.44 bits per heavy atom. The van der Waals surface area contributed by atoms with Crippen LogP contribution >= 0.6 is 15.9 Å². The molecule has 1 amide bonds. The van der Waals surface area contributed by atoms with Crippen LogP contribution in [-0.4, -0.2) is 32.0 Å². The quantitative estimate of drug-likeness (QED) is 0.719. The Balaban J connectivity index is 4.19. The van der Waals surface area contributed by atoms with Crippen LogP contribution in [0.25, 0.3) is 0 Å². The summed E-state index contributed by atoms with van der Waals surface area (Å²) in [6.07, 6.45) is -0.363. The van der Waals surface area contributed by atoms with Crippen molar-refractivity contribution in [2.24, 2.45) is 0 Å². The molecule has 96 valence electrons. The van der Waals surface area contributed by atoms with Gasteiger partial charge in [-0.2, -0.15) is 13.1 Å². The van der Waals surface area contributed by atoms with Gasteiger partial charge in [-0.25, -0.2) is 9.52 Å². The number of rotatable bonds is 6. The highest BCUT2D eigenvalue weighted by atomic mass is 79.9. The first-order valence-corrected chi connectivity index (χ1v) is 7.27. The van der Waals surface area contributed by atoms with Gasteiger partial charge < -0.3 is 4.74 Å². The molecule has 0 aliphatic heterocycles. The van der Waals surface area contributed by atoms with Crippen LogP contribution in [0.1, 0.15) is 27.2 Å². The number of carbonyl (C=O) groups excluding carboxylic acids is 1. The van der Waals surface area contributed by atoms with Crippen LogP contribution in [0.5, 0.6) is 0 Å². The lowest BCUT2D eigenvalue weighted by molar-refractivity contribution is 0.158. The summed E-state index contributed by atoms with van der Waals surface area (Å²) in [6, 6.07) is -0.277. The van der Waals surface area contributed by atoms with Gasteiger partial charge in [-0.1, -0.05) is 22.9 Å². The molecule has 0 aromatic rings. The van der Waals surface area contributed by atoms with Crippen LogP contribution in [-0.2, 0) is 14.9 Å². The summed E-state index contributed by atoms with van der Waals surface area (Å²) in [5.41, 5.74) is 0. The largest absolute Gasteiger partial charge is 0.449 e. The summed E-state index contributed by atoms with van der Waals surface area (Å²) in [4.78, 5) is 11.1. The zero-order chi connectivity index (χ0) is 12.8. The molecule has 0 aliphatic rings. The van der Waals surface area contributed by atoms with Crippen molar-refractivity contribution in [1.29, 1.82) is 0 Å². The minimum absolute atomic E-state index is 0.120. The number of alkyl halides is 1. The SMILES string of the molecule is CCOC(=O)NS(=O)(=O)NC(C)CC(C)Br. The van der Waals surface area contributed by atoms with E-state index in [1.807, 2.05) is 6.92 Å². The van der Waals surface area contributed by atoms with Gasteiger partial charge in [0, 0.05) is 10.9 Å². The number of amides is 1. The van der Waals surface area contributed by atoms with E-state index >= 15 is 0 Å². The second-order valence-corrected chi connectivity index (χ2v) is 6.37. The van der Waals surface area contributed by atoms with Crippen molar-refractivity contribution >= 4 is 32.2 Å². The number of hydrogen-bond donors (Lipinski definition) is 2. The Bertz CT molecular complexity index is 318. The molecule has 0 radical (unpaired) electrons. The van der Waals surface area contributed by atoms with Crippen molar-refractivity contribution in [3.63, 3.8) is 0 Å². The van der Waals surface area contributed by atoms with Crippen LogP contribution in [0, 0.1) is 0 Å². The first kappa shape index (κ1) is 15.7. The van der Waals surface area contributed by atoms with Crippen molar-refractivity contribution < 1.29 is 17.9 Å². The zero-order valence-corrected chi connectivity index (χ0v) is 11.9. The fourth-order valence-corrected chi connectivity index (χ4v) is 2.62. The molecular weight excluding hydrogens is 300 g/mol. The summed E-state index contributed by atoms with van der Waals surface area (Å²) in [6.45, 7) is 5.33. The fraction of sp³-hybridized carbons (Fsp3) is 0.875. The van der Waals surface area contributed by atoms with Crippen LogP contribution in [0.4, 0.5) is 4.79 Å². The van der Waals surface area contributed by atoms with Crippen LogP contribution in [0.3, 0.4) is 0 Å². The topological polar surface area (TPSA) is 84.5 Å². The smallest absolute Gasteiger partial charge is 0.421 e. The summed E-state index contributed by atoms with van der Waals surface area (Å²) < 4.78 is 31.3. The van der Waals surface area contributed by atoms with E-state index in [2.05, 4.69) is 25.4 Å². The Labute approximate surface area is 104 Å². The van der Waals surface area contributed by atoms with Crippen molar-refractivity contribution in [2.75, 3.05) is 6.61 Å². The van der Waals surface area contributed by atoms with Crippen molar-refractivity contribution in [3.8, 4) is 0 Å². The van der Waals surface area contributed by atoms with Gasteiger partial charge in [0.05, 0.1) is 6.61 Å². The highest BCUT2D eigenvalue weighted by Gasteiger charge is 2.18. The maximum absolute atomic E-state index is 11.4. The third-order valence-electron chi connectivity index (χ3n) is 1.53. The summed E-state index contributed by atoms with van der Waals surface area (Å²) in [7, 11) is -3.84. The van der Waals surface area contributed by atoms with Gasteiger partial charge in [-0.3, -0.25) is 0 Å². The Hall–Kier alpha value is -0.340. The number of halogens is 1. The molecule has 0 aliphatic carbocycles. The highest BCUT2D eigenvalue weighted by molar-refractivity contribution is 9.09. The van der Waals surface area contributed by atoms with Gasteiger partial charge in [-0.15, -0.1) is 0 Å². The van der Waals surface area contributed by atoms with E-state index in [9.17, 15) is 13.2 Å². The molecule has 0 bridgehead atoms. The summed E-state index contributed by atoms with van der Waals surface area (Å²) >= 11 is 3.31. The molecule has 0 rings (SSSR count). The molecule has 0 fully saturated rings. The van der Waals surface area contributed by atoms with Gasteiger partial charge in [0.15, 0.2) is 0 Å². The lowest BCUT2D eigenvalue weighted by Crippen LogP contribution is -2.44. The number of carbonyl (C=O) groups is 1. The molecule has 2 atom stereocenters. The normalized spacial score (nSPS) is 15.2. The highest BCUT2D eigenvalue weighted by Crippen LogP contribution is 2.06.